The summed E-state index contributed by atoms with van der Waals surface area (Å²) in [6, 6.07) is -0.638. The van der Waals surface area contributed by atoms with Crippen molar-refractivity contribution in [1.82, 2.24) is 5.32 Å². The lowest BCUT2D eigenvalue weighted by Crippen LogP contribution is -2.45. The van der Waals surface area contributed by atoms with E-state index in [-0.39, 0.29) is 18.5 Å². The van der Waals surface area contributed by atoms with E-state index in [1.54, 1.807) is 6.08 Å². The number of carbonyl (C=O) groups is 2. The molecule has 6 nitrogen and oxygen atoms in total. The van der Waals surface area contributed by atoms with Crippen molar-refractivity contribution in [3.8, 4) is 0 Å². The van der Waals surface area contributed by atoms with Gasteiger partial charge in [-0.05, 0) is 32.1 Å². The van der Waals surface area contributed by atoms with Crippen LogP contribution in [0.3, 0.4) is 0 Å². The van der Waals surface area contributed by atoms with Crippen molar-refractivity contribution in [3.05, 3.63) is 12.2 Å². The van der Waals surface area contributed by atoms with Gasteiger partial charge in [0.1, 0.15) is 0 Å². The fraction of sp³-hybridized carbons (Fsp3) is 0.935. The predicted molar refractivity (Wildman–Crippen MR) is 297 cm³/mol. The third-order valence-corrected chi connectivity index (χ3v) is 14.6. The minimum absolute atomic E-state index is 0.00416. The monoisotopic (exact) mass is 960 g/mol. The Bertz CT molecular complexity index is 1020. The molecule has 0 rings (SSSR count). The van der Waals surface area contributed by atoms with Crippen LogP contribution in [-0.4, -0.2) is 47.4 Å². The van der Waals surface area contributed by atoms with Crippen LogP contribution in [0.4, 0.5) is 0 Å². The number of carbonyl (C=O) groups excluding carboxylic acids is 2. The molecule has 0 aromatic carbocycles. The van der Waals surface area contributed by atoms with E-state index in [0.29, 0.717) is 19.4 Å². The van der Waals surface area contributed by atoms with Crippen LogP contribution in [0.1, 0.15) is 348 Å². The Labute approximate surface area is 425 Å². The number of esters is 1. The standard InChI is InChI=1S/C62H121NO5/c1-3-5-7-9-11-13-15-17-18-19-20-21-22-23-24-25-26-27-28-31-34-38-42-46-50-54-60(65)59(58-64)63-61(66)55-51-47-43-39-35-32-29-33-37-41-45-49-53-57-68-62(67)56-52-48-44-40-36-30-16-14-12-10-8-6-4-2/h50,54,59-60,64-65H,3-49,51-53,55-58H2,1-2H3,(H,63,66)/b54-50+. The molecule has 0 saturated carbocycles. The van der Waals surface area contributed by atoms with Crippen molar-refractivity contribution in [2.24, 2.45) is 0 Å². The third kappa shape index (κ3) is 53.9. The molecule has 1 amide bonds. The van der Waals surface area contributed by atoms with Gasteiger partial charge in [0.2, 0.25) is 5.91 Å². The highest BCUT2D eigenvalue weighted by atomic mass is 16.5. The summed E-state index contributed by atoms with van der Waals surface area (Å²) in [5.41, 5.74) is 0. The van der Waals surface area contributed by atoms with Gasteiger partial charge in [-0.2, -0.15) is 0 Å². The molecule has 0 bridgehead atoms. The summed E-state index contributed by atoms with van der Waals surface area (Å²) in [4.78, 5) is 24.5. The molecule has 0 aromatic heterocycles. The number of amides is 1. The van der Waals surface area contributed by atoms with E-state index < -0.39 is 12.1 Å². The van der Waals surface area contributed by atoms with E-state index >= 15 is 0 Å². The highest BCUT2D eigenvalue weighted by Gasteiger charge is 2.18. The van der Waals surface area contributed by atoms with Gasteiger partial charge in [-0.3, -0.25) is 9.59 Å². The molecule has 3 N–H and O–H groups in total. The van der Waals surface area contributed by atoms with Gasteiger partial charge in [0.15, 0.2) is 0 Å². The van der Waals surface area contributed by atoms with E-state index in [9.17, 15) is 19.8 Å². The minimum atomic E-state index is -0.853. The number of allylic oxidation sites excluding steroid dienone is 1. The van der Waals surface area contributed by atoms with Crippen LogP contribution in [-0.2, 0) is 14.3 Å². The fourth-order valence-electron chi connectivity index (χ4n) is 9.81. The third-order valence-electron chi connectivity index (χ3n) is 14.6. The SMILES string of the molecule is CCCCCCCCCCCCCCCCCCCCCCCCC/C=C/C(O)C(CO)NC(=O)CCCCCCCCCCCCCCCOC(=O)CCCCCCCCCCCCCCC. The van der Waals surface area contributed by atoms with Crippen molar-refractivity contribution < 1.29 is 24.5 Å². The maximum absolute atomic E-state index is 12.5. The molecule has 0 radical (unpaired) electrons. The lowest BCUT2D eigenvalue weighted by molar-refractivity contribution is -0.143. The zero-order valence-corrected chi connectivity index (χ0v) is 46.1. The molecular weight excluding hydrogens is 839 g/mol. The number of hydrogen-bond acceptors (Lipinski definition) is 5. The minimum Gasteiger partial charge on any atom is -0.466 e. The molecule has 404 valence electrons. The zero-order chi connectivity index (χ0) is 49.3. The van der Waals surface area contributed by atoms with Gasteiger partial charge in [-0.15, -0.1) is 0 Å². The Morgan fingerprint density at radius 2 is 0.676 bits per heavy atom. The second kappa shape index (κ2) is 58.2. The highest BCUT2D eigenvalue weighted by molar-refractivity contribution is 5.76. The quantitative estimate of drug-likeness (QED) is 0.0321. The summed E-state index contributed by atoms with van der Waals surface area (Å²) in [7, 11) is 0. The topological polar surface area (TPSA) is 95.9 Å². The number of aliphatic hydroxyl groups excluding tert-OH is 2. The Morgan fingerprint density at radius 3 is 1.00 bits per heavy atom. The molecule has 6 heteroatoms. The maximum Gasteiger partial charge on any atom is 0.305 e. The molecular formula is C62H121NO5. The van der Waals surface area contributed by atoms with Crippen molar-refractivity contribution >= 4 is 11.9 Å². The van der Waals surface area contributed by atoms with Gasteiger partial charge in [0.05, 0.1) is 25.4 Å². The Morgan fingerprint density at radius 1 is 0.397 bits per heavy atom. The molecule has 0 heterocycles. The van der Waals surface area contributed by atoms with Crippen LogP contribution in [0.15, 0.2) is 12.2 Å². The number of hydrogen-bond donors (Lipinski definition) is 3. The zero-order valence-electron chi connectivity index (χ0n) is 46.1. The summed E-state index contributed by atoms with van der Waals surface area (Å²) in [6.45, 7) is 4.91. The summed E-state index contributed by atoms with van der Waals surface area (Å²) < 4.78 is 5.47. The molecule has 68 heavy (non-hydrogen) atoms. The van der Waals surface area contributed by atoms with Gasteiger partial charge in [0.25, 0.3) is 0 Å². The number of rotatable bonds is 58. The van der Waals surface area contributed by atoms with Crippen LogP contribution >= 0.6 is 0 Å². The second-order valence-corrected chi connectivity index (χ2v) is 21.4. The van der Waals surface area contributed by atoms with Crippen LogP contribution in [0.25, 0.3) is 0 Å². The first-order valence-corrected chi connectivity index (χ1v) is 31.0. The first-order chi connectivity index (χ1) is 33.5. The second-order valence-electron chi connectivity index (χ2n) is 21.4. The van der Waals surface area contributed by atoms with Crippen molar-refractivity contribution in [3.63, 3.8) is 0 Å². The highest BCUT2D eigenvalue weighted by Crippen LogP contribution is 2.18. The van der Waals surface area contributed by atoms with E-state index in [1.165, 1.54) is 263 Å². The van der Waals surface area contributed by atoms with Crippen molar-refractivity contribution in [2.75, 3.05) is 13.2 Å². The van der Waals surface area contributed by atoms with Crippen molar-refractivity contribution in [2.45, 2.75) is 360 Å². The first kappa shape index (κ1) is 66.6. The first-order valence-electron chi connectivity index (χ1n) is 31.0. The van der Waals surface area contributed by atoms with Gasteiger partial charge in [-0.25, -0.2) is 0 Å². The summed E-state index contributed by atoms with van der Waals surface area (Å²) in [5.74, 6) is -0.0805. The lowest BCUT2D eigenvalue weighted by atomic mass is 10.0. The molecule has 2 atom stereocenters. The Balaban J connectivity index is 3.46. The van der Waals surface area contributed by atoms with Crippen LogP contribution in [0, 0.1) is 0 Å². The molecule has 2 unspecified atom stereocenters. The lowest BCUT2D eigenvalue weighted by Gasteiger charge is -2.20. The molecule has 0 spiro atoms. The summed E-state index contributed by atoms with van der Waals surface area (Å²) in [5, 5.41) is 23.2. The van der Waals surface area contributed by atoms with Crippen LogP contribution in [0.2, 0.25) is 0 Å². The van der Waals surface area contributed by atoms with E-state index in [1.807, 2.05) is 6.08 Å². The smallest absolute Gasteiger partial charge is 0.305 e. The number of unbranched alkanes of at least 4 members (excludes halogenated alkanes) is 47. The predicted octanol–water partition coefficient (Wildman–Crippen LogP) is 19.2. The van der Waals surface area contributed by atoms with Gasteiger partial charge in [-0.1, -0.05) is 315 Å². The largest absolute Gasteiger partial charge is 0.466 e. The van der Waals surface area contributed by atoms with Gasteiger partial charge < -0.3 is 20.3 Å². The molecule has 0 aliphatic carbocycles. The molecule has 0 aliphatic heterocycles. The Hall–Kier alpha value is -1.40. The van der Waals surface area contributed by atoms with Gasteiger partial charge >= 0.3 is 5.97 Å². The average Bonchev–Trinajstić information content (AvgIpc) is 3.34. The van der Waals surface area contributed by atoms with Crippen LogP contribution in [0.5, 0.6) is 0 Å². The van der Waals surface area contributed by atoms with E-state index in [4.69, 9.17) is 4.74 Å². The Kier molecular flexibility index (Phi) is 57.0. The maximum atomic E-state index is 12.5. The summed E-state index contributed by atoms with van der Waals surface area (Å²) in [6.07, 6.45) is 69.6. The fourth-order valence-corrected chi connectivity index (χ4v) is 9.81. The van der Waals surface area contributed by atoms with Gasteiger partial charge in [0, 0.05) is 12.8 Å². The van der Waals surface area contributed by atoms with E-state index in [0.717, 1.165) is 57.8 Å². The molecule has 0 aliphatic rings. The number of aliphatic hydroxyl groups is 2. The number of nitrogens with one attached hydrogen (secondary N) is 1. The molecule has 0 fully saturated rings. The van der Waals surface area contributed by atoms with Crippen LogP contribution < -0.4 is 5.32 Å². The average molecular weight is 961 g/mol. The molecule has 0 aromatic rings. The van der Waals surface area contributed by atoms with Crippen molar-refractivity contribution in [1.29, 1.82) is 0 Å². The molecule has 0 saturated heterocycles. The normalized spacial score (nSPS) is 12.6. The summed E-state index contributed by atoms with van der Waals surface area (Å²) >= 11 is 0. The van der Waals surface area contributed by atoms with E-state index in [2.05, 4.69) is 19.2 Å². The number of ether oxygens (including phenoxy) is 1.